The molecular formula is C6H7N5O. The maximum Gasteiger partial charge on any atom is 0.261 e. The van der Waals surface area contributed by atoms with Crippen molar-refractivity contribution in [2.45, 2.75) is 0 Å². The van der Waals surface area contributed by atoms with Gasteiger partial charge in [-0.05, 0) is 0 Å². The Morgan fingerprint density at radius 1 is 1.67 bits per heavy atom. The summed E-state index contributed by atoms with van der Waals surface area (Å²) in [7, 11) is 1.70. The van der Waals surface area contributed by atoms with Crippen LogP contribution in [0.2, 0.25) is 0 Å². The van der Waals surface area contributed by atoms with Gasteiger partial charge in [0.2, 0.25) is 0 Å². The van der Waals surface area contributed by atoms with Crippen LogP contribution < -0.4 is 11.0 Å². The molecule has 2 heterocycles. The number of nitrogens with one attached hydrogen (secondary N) is 2. The highest BCUT2D eigenvalue weighted by Crippen LogP contribution is 2.00. The fraction of sp³-hybridized carbons (Fsp3) is 0.167. The minimum atomic E-state index is -0.179. The third-order valence-corrected chi connectivity index (χ3v) is 1.58. The lowest BCUT2D eigenvalue weighted by Gasteiger charge is -1.97. The van der Waals surface area contributed by atoms with Crippen LogP contribution in [0.25, 0.3) is 11.0 Å². The van der Waals surface area contributed by atoms with Gasteiger partial charge in [0.1, 0.15) is 5.39 Å². The summed E-state index contributed by atoms with van der Waals surface area (Å²) in [6.45, 7) is 0. The second-order valence-electron chi connectivity index (χ2n) is 2.25. The number of fused-ring (bicyclic) bond motifs is 1. The molecule has 6 nitrogen and oxygen atoms in total. The summed E-state index contributed by atoms with van der Waals surface area (Å²) < 4.78 is 0. The van der Waals surface area contributed by atoms with Crippen molar-refractivity contribution in [3.63, 3.8) is 0 Å². The average molecular weight is 165 g/mol. The first-order valence-electron chi connectivity index (χ1n) is 3.42. The van der Waals surface area contributed by atoms with Crippen molar-refractivity contribution >= 4 is 11.0 Å². The van der Waals surface area contributed by atoms with Gasteiger partial charge in [0.05, 0.1) is 12.5 Å². The highest BCUT2D eigenvalue weighted by molar-refractivity contribution is 5.72. The molecular weight excluding hydrogens is 158 g/mol. The number of aromatic amines is 1. The van der Waals surface area contributed by atoms with Crippen molar-refractivity contribution in [2.75, 3.05) is 12.5 Å². The van der Waals surface area contributed by atoms with Crippen molar-refractivity contribution < 1.29 is 0 Å². The molecule has 0 unspecified atom stereocenters. The van der Waals surface area contributed by atoms with E-state index in [-0.39, 0.29) is 5.56 Å². The van der Waals surface area contributed by atoms with Gasteiger partial charge < -0.3 is 10.4 Å². The van der Waals surface area contributed by atoms with Crippen LogP contribution in [0.4, 0.5) is 0 Å². The molecule has 2 N–H and O–H groups in total. The van der Waals surface area contributed by atoms with E-state index in [1.807, 2.05) is 0 Å². The fourth-order valence-corrected chi connectivity index (χ4v) is 1.02. The number of hydrogen-bond acceptors (Lipinski definition) is 4. The number of aromatic nitrogens is 4. The van der Waals surface area contributed by atoms with Gasteiger partial charge in [-0.2, -0.15) is 9.89 Å². The Morgan fingerprint density at radius 3 is 3.25 bits per heavy atom. The third-order valence-electron chi connectivity index (χ3n) is 1.58. The first-order valence-corrected chi connectivity index (χ1v) is 3.42. The number of rotatable bonds is 1. The molecule has 0 aliphatic carbocycles. The Morgan fingerprint density at radius 2 is 2.50 bits per heavy atom. The van der Waals surface area contributed by atoms with E-state index in [0.29, 0.717) is 11.0 Å². The Kier molecular flexibility index (Phi) is 1.33. The molecule has 0 saturated carbocycles. The van der Waals surface area contributed by atoms with Crippen molar-refractivity contribution in [2.24, 2.45) is 0 Å². The smallest absolute Gasteiger partial charge is 0.261 e. The average Bonchev–Trinajstić information content (AvgIpc) is 2.49. The first-order chi connectivity index (χ1) is 5.83. The molecule has 2 aromatic heterocycles. The van der Waals surface area contributed by atoms with E-state index in [2.05, 4.69) is 20.5 Å². The highest BCUT2D eigenvalue weighted by Gasteiger charge is 2.04. The predicted octanol–water partition coefficient (Wildman–Crippen LogP) is -0.707. The molecule has 0 aromatic carbocycles. The fourth-order valence-electron chi connectivity index (χ4n) is 1.02. The van der Waals surface area contributed by atoms with Crippen molar-refractivity contribution in [3.8, 4) is 0 Å². The second kappa shape index (κ2) is 2.33. The zero-order valence-electron chi connectivity index (χ0n) is 6.40. The van der Waals surface area contributed by atoms with Crippen LogP contribution in [0.1, 0.15) is 0 Å². The monoisotopic (exact) mass is 165 g/mol. The van der Waals surface area contributed by atoms with Crippen molar-refractivity contribution in [1.29, 1.82) is 0 Å². The lowest BCUT2D eigenvalue weighted by Crippen LogP contribution is -2.12. The van der Waals surface area contributed by atoms with E-state index in [1.54, 1.807) is 7.05 Å². The maximum atomic E-state index is 11.1. The van der Waals surface area contributed by atoms with Gasteiger partial charge >= 0.3 is 0 Å². The molecule has 0 spiro atoms. The lowest BCUT2D eigenvalue weighted by atomic mass is 10.4. The number of nitrogens with zero attached hydrogens (tertiary/aromatic N) is 3. The summed E-state index contributed by atoms with van der Waals surface area (Å²) >= 11 is 0. The van der Waals surface area contributed by atoms with Gasteiger partial charge in [-0.25, -0.2) is 4.98 Å². The maximum absolute atomic E-state index is 11.1. The van der Waals surface area contributed by atoms with Crippen LogP contribution in [0, 0.1) is 0 Å². The van der Waals surface area contributed by atoms with Crippen LogP contribution in [0.15, 0.2) is 17.3 Å². The zero-order chi connectivity index (χ0) is 8.55. The number of H-pyrrole nitrogens is 1. The predicted molar refractivity (Wildman–Crippen MR) is 43.4 cm³/mol. The molecule has 62 valence electrons. The van der Waals surface area contributed by atoms with Crippen LogP contribution in [0.5, 0.6) is 0 Å². The summed E-state index contributed by atoms with van der Waals surface area (Å²) in [5.74, 6) is 0. The summed E-state index contributed by atoms with van der Waals surface area (Å²) in [5, 5.41) is 4.38. The number of hydrogen-bond donors (Lipinski definition) is 2. The molecule has 2 rings (SSSR count). The first kappa shape index (κ1) is 6.84. The van der Waals surface area contributed by atoms with Crippen LogP contribution in [0.3, 0.4) is 0 Å². The van der Waals surface area contributed by atoms with Gasteiger partial charge in [0.25, 0.3) is 5.56 Å². The molecule has 0 aliphatic heterocycles. The van der Waals surface area contributed by atoms with E-state index in [1.165, 1.54) is 17.3 Å². The summed E-state index contributed by atoms with van der Waals surface area (Å²) in [4.78, 5) is 19.0. The standard InChI is InChI=1S/C6H7N5O/c1-7-11-5-4(2-10-11)6(12)9-3-8-5/h2-3,7H,1H3,(H,8,9,12). The van der Waals surface area contributed by atoms with E-state index in [9.17, 15) is 4.79 Å². The normalized spacial score (nSPS) is 10.4. The topological polar surface area (TPSA) is 75.6 Å². The molecule has 0 aliphatic rings. The molecule has 6 heteroatoms. The molecule has 0 radical (unpaired) electrons. The van der Waals surface area contributed by atoms with E-state index in [0.717, 1.165) is 0 Å². The van der Waals surface area contributed by atoms with E-state index >= 15 is 0 Å². The Bertz CT molecular complexity index is 456. The minimum Gasteiger partial charge on any atom is -0.312 e. The molecule has 0 atom stereocenters. The quantitative estimate of drug-likeness (QED) is 0.585. The lowest BCUT2D eigenvalue weighted by molar-refractivity contribution is 0.798. The molecule has 12 heavy (non-hydrogen) atoms. The van der Waals surface area contributed by atoms with Crippen molar-refractivity contribution in [1.82, 2.24) is 19.9 Å². The third kappa shape index (κ3) is 0.777. The largest absolute Gasteiger partial charge is 0.312 e. The summed E-state index contributed by atoms with van der Waals surface area (Å²) in [6, 6.07) is 0. The molecule has 0 fully saturated rings. The molecule has 0 saturated heterocycles. The van der Waals surface area contributed by atoms with Crippen LogP contribution in [-0.4, -0.2) is 26.9 Å². The van der Waals surface area contributed by atoms with E-state index < -0.39 is 0 Å². The van der Waals surface area contributed by atoms with Gasteiger partial charge in [0, 0.05) is 7.05 Å². The van der Waals surface area contributed by atoms with Gasteiger partial charge in [-0.3, -0.25) is 4.79 Å². The van der Waals surface area contributed by atoms with E-state index in [4.69, 9.17) is 0 Å². The zero-order valence-corrected chi connectivity index (χ0v) is 6.40. The highest BCUT2D eigenvalue weighted by atomic mass is 16.1. The van der Waals surface area contributed by atoms with Gasteiger partial charge in [0.15, 0.2) is 5.65 Å². The van der Waals surface area contributed by atoms with Gasteiger partial charge in [-0.15, -0.1) is 0 Å². The Hall–Kier alpha value is -1.85. The summed E-state index contributed by atoms with van der Waals surface area (Å²) in [5.41, 5.74) is 3.12. The van der Waals surface area contributed by atoms with Crippen molar-refractivity contribution in [3.05, 3.63) is 22.9 Å². The Labute approximate surface area is 67.2 Å². The minimum absolute atomic E-state index is 0.179. The molecule has 2 aromatic rings. The molecule has 0 bridgehead atoms. The van der Waals surface area contributed by atoms with Crippen LogP contribution >= 0.6 is 0 Å². The SMILES string of the molecule is CNn1ncc2c(=O)[nH]cnc21. The summed E-state index contributed by atoms with van der Waals surface area (Å²) in [6.07, 6.45) is 2.82. The van der Waals surface area contributed by atoms with Crippen LogP contribution in [-0.2, 0) is 0 Å². The van der Waals surface area contributed by atoms with Gasteiger partial charge in [-0.1, -0.05) is 0 Å². The second-order valence-corrected chi connectivity index (χ2v) is 2.25. The molecule has 0 amide bonds. The Balaban J connectivity index is 2.89.